The third kappa shape index (κ3) is 7.72. The fourth-order valence-corrected chi connectivity index (χ4v) is 5.54. The van der Waals surface area contributed by atoms with Crippen molar-refractivity contribution in [2.24, 2.45) is 5.92 Å². The van der Waals surface area contributed by atoms with E-state index in [0.29, 0.717) is 40.7 Å². The number of ether oxygens (including phenoxy) is 1. The average molecular weight is 585 g/mol. The van der Waals surface area contributed by atoms with Crippen LogP contribution in [0.4, 0.5) is 21.0 Å². The predicted molar refractivity (Wildman–Crippen MR) is 159 cm³/mol. The molecule has 1 aromatic heterocycles. The van der Waals surface area contributed by atoms with E-state index >= 15 is 0 Å². The second-order valence-corrected chi connectivity index (χ2v) is 11.7. The zero-order chi connectivity index (χ0) is 30.4. The fourth-order valence-electron chi connectivity index (χ4n) is 5.54. The first kappa shape index (κ1) is 31.1. The van der Waals surface area contributed by atoms with Crippen molar-refractivity contribution in [1.29, 1.82) is 0 Å². The van der Waals surface area contributed by atoms with Crippen molar-refractivity contribution in [3.05, 3.63) is 35.2 Å². The standard InChI is InChI=1S/C30H44N6O6/c1-18-15-36(19(2)17-37)27(38)14-22-13-24(32-29(39)31-23-9-7-6-8-10-23)11-12-25(22)41-26(18)16-35(5)30(40)33-28-20(3)34-42-21(28)4/h11-13,18-19,23,26,37H,6-10,14-17H2,1-5H3,(H,33,40)(H2,31,32,39)/t18-,19+,26-/m1/s1. The van der Waals surface area contributed by atoms with Crippen molar-refractivity contribution in [2.75, 3.05) is 37.4 Å². The Bertz CT molecular complexity index is 1240. The van der Waals surface area contributed by atoms with E-state index in [0.717, 1.165) is 25.7 Å². The van der Waals surface area contributed by atoms with Gasteiger partial charge >= 0.3 is 12.1 Å². The minimum Gasteiger partial charge on any atom is -0.488 e. The van der Waals surface area contributed by atoms with Crippen LogP contribution in [0.15, 0.2) is 22.7 Å². The molecule has 1 saturated carbocycles. The minimum absolute atomic E-state index is 0.0429. The van der Waals surface area contributed by atoms with E-state index in [1.807, 2.05) is 6.92 Å². The highest BCUT2D eigenvalue weighted by atomic mass is 16.5. The number of rotatable bonds is 7. The summed E-state index contributed by atoms with van der Waals surface area (Å²) in [4.78, 5) is 42.4. The summed E-state index contributed by atoms with van der Waals surface area (Å²) < 4.78 is 11.7. The number of aliphatic hydroxyl groups is 1. The minimum atomic E-state index is -0.475. The van der Waals surface area contributed by atoms with Gasteiger partial charge in [0.25, 0.3) is 0 Å². The van der Waals surface area contributed by atoms with Gasteiger partial charge in [0.05, 0.1) is 25.6 Å². The van der Waals surface area contributed by atoms with E-state index in [4.69, 9.17) is 9.26 Å². The zero-order valence-electron chi connectivity index (χ0n) is 25.2. The molecule has 0 unspecified atom stereocenters. The number of benzene rings is 1. The van der Waals surface area contributed by atoms with Crippen molar-refractivity contribution in [2.45, 2.75) is 84.4 Å². The first-order valence-corrected chi connectivity index (χ1v) is 14.8. The molecule has 1 aliphatic carbocycles. The number of carbonyl (C=O) groups excluding carboxylic acids is 3. The van der Waals surface area contributed by atoms with Crippen LogP contribution in [-0.2, 0) is 11.2 Å². The number of carbonyl (C=O) groups is 3. The molecule has 4 N–H and O–H groups in total. The summed E-state index contributed by atoms with van der Waals surface area (Å²) in [7, 11) is 1.67. The van der Waals surface area contributed by atoms with Gasteiger partial charge in [-0.2, -0.15) is 0 Å². The van der Waals surface area contributed by atoms with Crippen LogP contribution in [0.1, 0.15) is 63.0 Å². The quantitative estimate of drug-likeness (QED) is 0.383. The van der Waals surface area contributed by atoms with E-state index in [2.05, 4.69) is 21.1 Å². The number of aryl methyl sites for hydroxylation is 2. The lowest BCUT2D eigenvalue weighted by atomic mass is 9.96. The van der Waals surface area contributed by atoms with E-state index in [1.54, 1.807) is 50.9 Å². The van der Waals surface area contributed by atoms with Crippen LogP contribution in [0.25, 0.3) is 0 Å². The Hall–Kier alpha value is -3.80. The molecule has 12 nitrogen and oxygen atoms in total. The number of amides is 5. The normalized spacial score (nSPS) is 20.3. The molecule has 230 valence electrons. The van der Waals surface area contributed by atoms with Crippen LogP contribution in [0.5, 0.6) is 5.75 Å². The molecule has 2 aromatic rings. The van der Waals surface area contributed by atoms with Crippen LogP contribution < -0.4 is 20.7 Å². The van der Waals surface area contributed by atoms with Crippen LogP contribution in [0.2, 0.25) is 0 Å². The molecule has 0 bridgehead atoms. The molecule has 2 aliphatic rings. The van der Waals surface area contributed by atoms with Gasteiger partial charge in [-0.05, 0) is 51.8 Å². The highest BCUT2D eigenvalue weighted by Crippen LogP contribution is 2.29. The zero-order valence-corrected chi connectivity index (χ0v) is 25.2. The lowest BCUT2D eigenvalue weighted by molar-refractivity contribution is -0.134. The largest absolute Gasteiger partial charge is 0.488 e. The van der Waals surface area contributed by atoms with Crippen molar-refractivity contribution < 1.29 is 28.8 Å². The van der Waals surface area contributed by atoms with Gasteiger partial charge in [0.15, 0.2) is 5.76 Å². The van der Waals surface area contributed by atoms with Crippen molar-refractivity contribution >= 4 is 29.3 Å². The molecule has 2 heterocycles. The van der Waals surface area contributed by atoms with Gasteiger partial charge in [-0.25, -0.2) is 9.59 Å². The number of hydrogen-bond acceptors (Lipinski definition) is 7. The van der Waals surface area contributed by atoms with Gasteiger partial charge in [0.2, 0.25) is 5.91 Å². The number of likely N-dealkylation sites (N-methyl/N-ethyl adjacent to an activating group) is 1. The number of aromatic nitrogens is 1. The molecule has 0 radical (unpaired) electrons. The van der Waals surface area contributed by atoms with Crippen molar-refractivity contribution in [3.8, 4) is 5.75 Å². The molecule has 1 aromatic carbocycles. The fraction of sp³-hybridized carbons (Fsp3) is 0.600. The maximum absolute atomic E-state index is 13.5. The molecule has 4 rings (SSSR count). The van der Waals surface area contributed by atoms with Gasteiger partial charge in [0.1, 0.15) is 23.2 Å². The smallest absolute Gasteiger partial charge is 0.321 e. The summed E-state index contributed by atoms with van der Waals surface area (Å²) >= 11 is 0. The van der Waals surface area contributed by atoms with Crippen LogP contribution >= 0.6 is 0 Å². The van der Waals surface area contributed by atoms with Gasteiger partial charge in [-0.1, -0.05) is 31.3 Å². The van der Waals surface area contributed by atoms with Gasteiger partial charge < -0.3 is 40.1 Å². The van der Waals surface area contributed by atoms with Crippen LogP contribution in [0.3, 0.4) is 0 Å². The summed E-state index contributed by atoms with van der Waals surface area (Å²) in [5.74, 6) is 0.695. The van der Waals surface area contributed by atoms with Crippen LogP contribution in [0, 0.1) is 19.8 Å². The summed E-state index contributed by atoms with van der Waals surface area (Å²) in [5, 5.41) is 22.6. The Morgan fingerprint density at radius 3 is 2.60 bits per heavy atom. The molecular formula is C30H44N6O6. The maximum atomic E-state index is 13.5. The van der Waals surface area contributed by atoms with E-state index in [9.17, 15) is 19.5 Å². The van der Waals surface area contributed by atoms with Crippen LogP contribution in [-0.4, -0.2) is 83.0 Å². The second kappa shape index (κ2) is 13.9. The van der Waals surface area contributed by atoms with Crippen molar-refractivity contribution in [3.63, 3.8) is 0 Å². The maximum Gasteiger partial charge on any atom is 0.321 e. The summed E-state index contributed by atoms with van der Waals surface area (Å²) in [6.07, 6.45) is 4.95. The SMILES string of the molecule is Cc1noc(C)c1NC(=O)N(C)C[C@H]1Oc2ccc(NC(=O)NC3CCCCC3)cc2CC(=O)N([C@@H](C)CO)C[C@H]1C. The highest BCUT2D eigenvalue weighted by Gasteiger charge is 2.32. The molecule has 42 heavy (non-hydrogen) atoms. The number of hydrogen-bond donors (Lipinski definition) is 4. The molecule has 0 saturated heterocycles. The molecule has 0 spiro atoms. The Kier molecular flexibility index (Phi) is 10.3. The van der Waals surface area contributed by atoms with Gasteiger partial charge in [-0.3, -0.25) is 4.79 Å². The van der Waals surface area contributed by atoms with Crippen molar-refractivity contribution in [1.82, 2.24) is 20.3 Å². The summed E-state index contributed by atoms with van der Waals surface area (Å²) in [6, 6.07) is 4.42. The van der Waals surface area contributed by atoms with E-state index in [1.165, 1.54) is 11.3 Å². The summed E-state index contributed by atoms with van der Waals surface area (Å²) in [6.45, 7) is 7.64. The number of urea groups is 2. The predicted octanol–water partition coefficient (Wildman–Crippen LogP) is 4.06. The second-order valence-electron chi connectivity index (χ2n) is 11.7. The van der Waals surface area contributed by atoms with Gasteiger partial charge in [0, 0.05) is 36.8 Å². The first-order chi connectivity index (χ1) is 20.0. The van der Waals surface area contributed by atoms with Gasteiger partial charge in [-0.15, -0.1) is 0 Å². The monoisotopic (exact) mass is 584 g/mol. The van der Waals surface area contributed by atoms with E-state index < -0.39 is 12.1 Å². The number of nitrogens with zero attached hydrogens (tertiary/aromatic N) is 3. The number of anilines is 2. The lowest BCUT2D eigenvalue weighted by Gasteiger charge is -2.34. The molecule has 3 atom stereocenters. The van der Waals surface area contributed by atoms with E-state index in [-0.39, 0.29) is 49.5 Å². The Labute approximate surface area is 247 Å². The Morgan fingerprint density at radius 2 is 1.93 bits per heavy atom. The third-order valence-corrected chi connectivity index (χ3v) is 8.18. The molecule has 12 heteroatoms. The molecular weight excluding hydrogens is 540 g/mol. The molecule has 1 fully saturated rings. The number of aliphatic hydroxyl groups excluding tert-OH is 1. The first-order valence-electron chi connectivity index (χ1n) is 14.8. The number of fused-ring (bicyclic) bond motifs is 1. The number of nitrogens with one attached hydrogen (secondary N) is 3. The Morgan fingerprint density at radius 1 is 1.19 bits per heavy atom. The lowest BCUT2D eigenvalue weighted by Crippen LogP contribution is -2.48. The topological polar surface area (TPSA) is 149 Å². The molecule has 5 amide bonds. The molecule has 1 aliphatic heterocycles. The third-order valence-electron chi connectivity index (χ3n) is 8.18. The average Bonchev–Trinajstić information content (AvgIpc) is 3.29. The highest BCUT2D eigenvalue weighted by molar-refractivity contribution is 5.91. The Balaban J connectivity index is 1.54. The summed E-state index contributed by atoms with van der Waals surface area (Å²) in [5.41, 5.74) is 2.29.